The highest BCUT2D eigenvalue weighted by Crippen LogP contribution is 2.32. The zero-order chi connectivity index (χ0) is 18.3. The summed E-state index contributed by atoms with van der Waals surface area (Å²) in [6.45, 7) is 2.35. The molecule has 1 aliphatic heterocycles. The molecular formula is C18H18N6O2. The summed E-state index contributed by atoms with van der Waals surface area (Å²) in [5.74, 6) is -0.363. The summed E-state index contributed by atoms with van der Waals surface area (Å²) in [7, 11) is 0. The Morgan fingerprint density at radius 1 is 1.23 bits per heavy atom. The number of H-pyrrole nitrogens is 1. The standard InChI is InChI=1S/C18H18N6O2/c1-10-21-17(23-22-10)14-9-24(8-13(14)16(19)25)18(26)15-12-5-3-2-4-11(12)6-7-20-15/h2-7,13-14H,8-9H2,1H3,(H2,19,25)(H,21,22,23). The van der Waals surface area contributed by atoms with Gasteiger partial charge >= 0.3 is 0 Å². The van der Waals surface area contributed by atoms with Crippen molar-refractivity contribution in [1.82, 2.24) is 25.1 Å². The van der Waals surface area contributed by atoms with Crippen LogP contribution in [-0.4, -0.2) is 50.0 Å². The molecule has 2 amide bonds. The molecule has 4 rings (SSSR count). The molecule has 0 aliphatic carbocycles. The average molecular weight is 350 g/mol. The van der Waals surface area contributed by atoms with Gasteiger partial charge in [-0.3, -0.25) is 19.7 Å². The van der Waals surface area contributed by atoms with Gasteiger partial charge in [0.2, 0.25) is 5.91 Å². The number of rotatable bonds is 3. The number of carbonyl (C=O) groups is 2. The summed E-state index contributed by atoms with van der Waals surface area (Å²) in [6.07, 6.45) is 1.62. The highest BCUT2D eigenvalue weighted by atomic mass is 16.2. The van der Waals surface area contributed by atoms with Gasteiger partial charge in [-0.25, -0.2) is 4.98 Å². The van der Waals surface area contributed by atoms with Gasteiger partial charge in [0, 0.05) is 24.7 Å². The van der Waals surface area contributed by atoms with Crippen LogP contribution in [0.1, 0.15) is 28.1 Å². The maximum Gasteiger partial charge on any atom is 0.273 e. The predicted octanol–water partition coefficient (Wildman–Crippen LogP) is 1.00. The van der Waals surface area contributed by atoms with Gasteiger partial charge in [0.05, 0.1) is 11.8 Å². The van der Waals surface area contributed by atoms with Crippen molar-refractivity contribution in [2.75, 3.05) is 13.1 Å². The SMILES string of the molecule is Cc1nc(C2CN(C(=O)c3nccc4ccccc34)CC2C(N)=O)n[nH]1. The second-order valence-electron chi connectivity index (χ2n) is 6.49. The van der Waals surface area contributed by atoms with Crippen LogP contribution in [0.25, 0.3) is 10.8 Å². The quantitative estimate of drug-likeness (QED) is 0.731. The molecule has 3 N–H and O–H groups in total. The Morgan fingerprint density at radius 3 is 2.77 bits per heavy atom. The van der Waals surface area contributed by atoms with E-state index in [1.165, 1.54) is 0 Å². The van der Waals surface area contributed by atoms with Gasteiger partial charge in [0.1, 0.15) is 11.5 Å². The van der Waals surface area contributed by atoms with E-state index >= 15 is 0 Å². The molecule has 3 aromatic rings. The molecule has 26 heavy (non-hydrogen) atoms. The number of aromatic amines is 1. The summed E-state index contributed by atoms with van der Waals surface area (Å²) in [5, 5.41) is 8.65. The largest absolute Gasteiger partial charge is 0.369 e. The topological polar surface area (TPSA) is 118 Å². The van der Waals surface area contributed by atoms with Crippen LogP contribution in [0.4, 0.5) is 0 Å². The van der Waals surface area contributed by atoms with Crippen molar-refractivity contribution in [3.63, 3.8) is 0 Å². The number of aryl methyl sites for hydroxylation is 1. The van der Waals surface area contributed by atoms with E-state index < -0.39 is 11.8 Å². The van der Waals surface area contributed by atoms with Crippen LogP contribution in [0.3, 0.4) is 0 Å². The minimum atomic E-state index is -0.524. The zero-order valence-electron chi connectivity index (χ0n) is 14.2. The number of amides is 2. The second kappa shape index (κ2) is 6.21. The van der Waals surface area contributed by atoms with E-state index in [0.717, 1.165) is 10.8 Å². The number of benzene rings is 1. The Balaban J connectivity index is 1.67. The highest BCUT2D eigenvalue weighted by Gasteiger charge is 2.42. The van der Waals surface area contributed by atoms with E-state index in [2.05, 4.69) is 20.2 Å². The number of likely N-dealkylation sites (tertiary alicyclic amines) is 1. The number of hydrogen-bond donors (Lipinski definition) is 2. The fourth-order valence-corrected chi connectivity index (χ4v) is 3.49. The van der Waals surface area contributed by atoms with Crippen LogP contribution < -0.4 is 5.73 Å². The van der Waals surface area contributed by atoms with Crippen LogP contribution >= 0.6 is 0 Å². The molecule has 8 nitrogen and oxygen atoms in total. The summed E-state index contributed by atoms with van der Waals surface area (Å²) >= 11 is 0. The lowest BCUT2D eigenvalue weighted by Gasteiger charge is -2.16. The first kappa shape index (κ1) is 16.2. The van der Waals surface area contributed by atoms with Gasteiger partial charge in [-0.15, -0.1) is 0 Å². The van der Waals surface area contributed by atoms with E-state index in [1.807, 2.05) is 30.3 Å². The molecule has 2 aromatic heterocycles. The molecule has 1 fully saturated rings. The first-order valence-corrected chi connectivity index (χ1v) is 8.36. The first-order valence-electron chi connectivity index (χ1n) is 8.36. The minimum Gasteiger partial charge on any atom is -0.369 e. The van der Waals surface area contributed by atoms with Crippen LogP contribution in [-0.2, 0) is 4.79 Å². The Labute approximate surface area is 149 Å². The van der Waals surface area contributed by atoms with E-state index in [0.29, 0.717) is 23.9 Å². The molecule has 8 heteroatoms. The first-order chi connectivity index (χ1) is 12.5. The monoisotopic (exact) mass is 350 g/mol. The highest BCUT2D eigenvalue weighted by molar-refractivity contribution is 6.05. The van der Waals surface area contributed by atoms with E-state index in [4.69, 9.17) is 5.73 Å². The molecular weight excluding hydrogens is 332 g/mol. The maximum atomic E-state index is 13.1. The predicted molar refractivity (Wildman–Crippen MR) is 94.2 cm³/mol. The molecule has 1 aliphatic rings. The Morgan fingerprint density at radius 2 is 2.04 bits per heavy atom. The summed E-state index contributed by atoms with van der Waals surface area (Å²) in [4.78, 5) is 35.2. The summed E-state index contributed by atoms with van der Waals surface area (Å²) in [6, 6.07) is 9.45. The van der Waals surface area contributed by atoms with Gasteiger partial charge < -0.3 is 10.6 Å². The third-order valence-corrected chi connectivity index (χ3v) is 4.79. The van der Waals surface area contributed by atoms with E-state index in [1.54, 1.807) is 18.0 Å². The molecule has 2 unspecified atom stereocenters. The molecule has 132 valence electrons. The third kappa shape index (κ3) is 2.69. The number of hydrogen-bond acceptors (Lipinski definition) is 5. The molecule has 1 saturated heterocycles. The van der Waals surface area contributed by atoms with E-state index in [9.17, 15) is 9.59 Å². The van der Waals surface area contributed by atoms with Crippen molar-refractivity contribution >= 4 is 22.6 Å². The Kier molecular flexibility index (Phi) is 3.87. The molecule has 0 saturated carbocycles. The van der Waals surface area contributed by atoms with Crippen molar-refractivity contribution in [3.8, 4) is 0 Å². The average Bonchev–Trinajstić information content (AvgIpc) is 3.27. The molecule has 0 bridgehead atoms. The van der Waals surface area contributed by atoms with Crippen LogP contribution in [0.15, 0.2) is 36.5 Å². The normalized spacial score (nSPS) is 19.8. The summed E-state index contributed by atoms with van der Waals surface area (Å²) < 4.78 is 0. The lowest BCUT2D eigenvalue weighted by Crippen LogP contribution is -2.32. The minimum absolute atomic E-state index is 0.220. The van der Waals surface area contributed by atoms with Gasteiger partial charge in [-0.05, 0) is 18.4 Å². The van der Waals surface area contributed by atoms with Gasteiger partial charge in [-0.2, -0.15) is 5.10 Å². The van der Waals surface area contributed by atoms with Crippen molar-refractivity contribution in [2.45, 2.75) is 12.8 Å². The third-order valence-electron chi connectivity index (χ3n) is 4.79. The lowest BCUT2D eigenvalue weighted by molar-refractivity contribution is -0.121. The zero-order valence-corrected chi connectivity index (χ0v) is 14.2. The Hall–Kier alpha value is -3.29. The molecule has 0 spiro atoms. The van der Waals surface area contributed by atoms with Crippen molar-refractivity contribution in [3.05, 3.63) is 53.9 Å². The van der Waals surface area contributed by atoms with Crippen molar-refractivity contribution in [1.29, 1.82) is 0 Å². The fraction of sp³-hybridized carbons (Fsp3) is 0.278. The number of nitrogens with zero attached hydrogens (tertiary/aromatic N) is 4. The van der Waals surface area contributed by atoms with Crippen LogP contribution in [0.5, 0.6) is 0 Å². The Bertz CT molecular complexity index is 993. The number of aromatic nitrogens is 4. The van der Waals surface area contributed by atoms with Gasteiger partial charge in [0.15, 0.2) is 5.82 Å². The number of primary amides is 1. The van der Waals surface area contributed by atoms with Crippen molar-refractivity contribution in [2.24, 2.45) is 11.7 Å². The maximum absolute atomic E-state index is 13.1. The smallest absolute Gasteiger partial charge is 0.273 e. The number of carbonyl (C=O) groups excluding carboxylic acids is 2. The number of fused-ring (bicyclic) bond motifs is 1. The molecule has 3 heterocycles. The van der Waals surface area contributed by atoms with Crippen LogP contribution in [0.2, 0.25) is 0 Å². The molecule has 2 atom stereocenters. The van der Waals surface area contributed by atoms with Gasteiger partial charge in [-0.1, -0.05) is 24.3 Å². The van der Waals surface area contributed by atoms with Crippen molar-refractivity contribution < 1.29 is 9.59 Å². The molecule has 0 radical (unpaired) electrons. The number of pyridine rings is 1. The number of nitrogens with two attached hydrogens (primary N) is 1. The van der Waals surface area contributed by atoms with Gasteiger partial charge in [0.25, 0.3) is 5.91 Å². The second-order valence-corrected chi connectivity index (χ2v) is 6.49. The lowest BCUT2D eigenvalue weighted by atomic mass is 9.95. The van der Waals surface area contributed by atoms with E-state index in [-0.39, 0.29) is 18.4 Å². The molecule has 1 aromatic carbocycles. The number of nitrogens with one attached hydrogen (secondary N) is 1. The van der Waals surface area contributed by atoms with Crippen LogP contribution in [0, 0.1) is 12.8 Å². The fourth-order valence-electron chi connectivity index (χ4n) is 3.49. The summed E-state index contributed by atoms with van der Waals surface area (Å²) in [5.41, 5.74) is 5.94.